The molecule has 1 aromatic carbocycles. The summed E-state index contributed by atoms with van der Waals surface area (Å²) in [7, 11) is 0. The molecule has 0 N–H and O–H groups in total. The molecule has 0 unspecified atom stereocenters. The van der Waals surface area contributed by atoms with Crippen molar-refractivity contribution < 1.29 is 14.6 Å². The SMILES string of the molecule is C=C(C)COc1cccc(C(=O)[O-])c1. The third kappa shape index (κ3) is 2.94. The van der Waals surface area contributed by atoms with Crippen molar-refractivity contribution in [1.82, 2.24) is 0 Å². The van der Waals surface area contributed by atoms with Crippen LogP contribution in [0.5, 0.6) is 5.75 Å². The van der Waals surface area contributed by atoms with Crippen molar-refractivity contribution in [3.63, 3.8) is 0 Å². The molecule has 3 heteroatoms. The van der Waals surface area contributed by atoms with Crippen LogP contribution in [-0.2, 0) is 0 Å². The molecular formula is C11H11O3-. The second-order valence-electron chi connectivity index (χ2n) is 3.06. The first-order chi connectivity index (χ1) is 6.59. The first-order valence-electron chi connectivity index (χ1n) is 4.18. The summed E-state index contributed by atoms with van der Waals surface area (Å²) in [5.74, 6) is -0.694. The first-order valence-corrected chi connectivity index (χ1v) is 4.18. The zero-order valence-corrected chi connectivity index (χ0v) is 7.95. The summed E-state index contributed by atoms with van der Waals surface area (Å²) in [6, 6.07) is 6.19. The molecule has 0 bridgehead atoms. The van der Waals surface area contributed by atoms with Gasteiger partial charge in [-0.15, -0.1) is 0 Å². The molecule has 0 heterocycles. The lowest BCUT2D eigenvalue weighted by molar-refractivity contribution is -0.255. The molecule has 0 aliphatic heterocycles. The maximum absolute atomic E-state index is 10.5. The molecule has 3 nitrogen and oxygen atoms in total. The van der Waals surface area contributed by atoms with Gasteiger partial charge >= 0.3 is 0 Å². The quantitative estimate of drug-likeness (QED) is 0.667. The molecule has 0 amide bonds. The largest absolute Gasteiger partial charge is 0.545 e. The van der Waals surface area contributed by atoms with Gasteiger partial charge in [0.05, 0.1) is 5.97 Å². The van der Waals surface area contributed by atoms with E-state index in [9.17, 15) is 9.90 Å². The Balaban J connectivity index is 2.73. The number of hydrogen-bond acceptors (Lipinski definition) is 3. The maximum atomic E-state index is 10.5. The third-order valence-electron chi connectivity index (χ3n) is 1.55. The van der Waals surface area contributed by atoms with Crippen LogP contribution >= 0.6 is 0 Å². The van der Waals surface area contributed by atoms with E-state index in [2.05, 4.69) is 6.58 Å². The molecule has 14 heavy (non-hydrogen) atoms. The van der Waals surface area contributed by atoms with Crippen LogP contribution in [0.15, 0.2) is 36.4 Å². The highest BCUT2D eigenvalue weighted by Gasteiger charge is 1.97. The van der Waals surface area contributed by atoms with Crippen molar-refractivity contribution >= 4 is 5.97 Å². The van der Waals surface area contributed by atoms with E-state index >= 15 is 0 Å². The molecule has 0 aromatic heterocycles. The van der Waals surface area contributed by atoms with Crippen LogP contribution < -0.4 is 9.84 Å². The number of carbonyl (C=O) groups is 1. The number of aromatic carboxylic acids is 1. The van der Waals surface area contributed by atoms with Gasteiger partial charge in [-0.25, -0.2) is 0 Å². The Hall–Kier alpha value is -1.77. The Morgan fingerprint density at radius 2 is 2.29 bits per heavy atom. The Kier molecular flexibility index (Phi) is 3.29. The van der Waals surface area contributed by atoms with Crippen LogP contribution in [0.1, 0.15) is 17.3 Å². The molecule has 1 aromatic rings. The summed E-state index contributed by atoms with van der Waals surface area (Å²) in [6.07, 6.45) is 0. The summed E-state index contributed by atoms with van der Waals surface area (Å²) in [6.45, 7) is 5.90. The van der Waals surface area contributed by atoms with Crippen LogP contribution in [-0.4, -0.2) is 12.6 Å². The van der Waals surface area contributed by atoms with Gasteiger partial charge in [0.2, 0.25) is 0 Å². The fourth-order valence-electron chi connectivity index (χ4n) is 0.919. The summed E-state index contributed by atoms with van der Waals surface area (Å²) in [5, 5.41) is 10.5. The van der Waals surface area contributed by atoms with Gasteiger partial charge < -0.3 is 14.6 Å². The molecule has 0 saturated heterocycles. The van der Waals surface area contributed by atoms with Crippen molar-refractivity contribution in [3.8, 4) is 5.75 Å². The number of ether oxygens (including phenoxy) is 1. The number of rotatable bonds is 4. The second-order valence-corrected chi connectivity index (χ2v) is 3.06. The van der Waals surface area contributed by atoms with Gasteiger partial charge in [-0.3, -0.25) is 0 Å². The second kappa shape index (κ2) is 4.46. The average Bonchev–Trinajstić information content (AvgIpc) is 2.15. The van der Waals surface area contributed by atoms with Crippen LogP contribution in [0.25, 0.3) is 0 Å². The first kappa shape index (κ1) is 10.3. The molecule has 0 fully saturated rings. The van der Waals surface area contributed by atoms with E-state index in [0.29, 0.717) is 12.4 Å². The zero-order valence-electron chi connectivity index (χ0n) is 7.95. The molecule has 0 aliphatic rings. The van der Waals surface area contributed by atoms with Crippen LogP contribution in [0.3, 0.4) is 0 Å². The predicted molar refractivity (Wildman–Crippen MR) is 51.1 cm³/mol. The van der Waals surface area contributed by atoms with Gasteiger partial charge in [-0.05, 0) is 24.6 Å². The molecule has 0 saturated carbocycles. The third-order valence-corrected chi connectivity index (χ3v) is 1.55. The Bertz CT molecular complexity index is 355. The lowest BCUT2D eigenvalue weighted by Gasteiger charge is -2.07. The van der Waals surface area contributed by atoms with Gasteiger partial charge in [0, 0.05) is 5.56 Å². The van der Waals surface area contributed by atoms with Gasteiger partial charge in [-0.1, -0.05) is 18.7 Å². The maximum Gasteiger partial charge on any atom is 0.120 e. The number of carboxylic acid groups (broad SMARTS) is 1. The Labute approximate surface area is 82.6 Å². The minimum Gasteiger partial charge on any atom is -0.545 e. The van der Waals surface area contributed by atoms with Crippen LogP contribution in [0, 0.1) is 0 Å². The molecule has 0 aliphatic carbocycles. The summed E-state index contributed by atoms with van der Waals surface area (Å²) in [4.78, 5) is 10.5. The lowest BCUT2D eigenvalue weighted by atomic mass is 10.2. The van der Waals surface area contributed by atoms with Crippen molar-refractivity contribution in [2.24, 2.45) is 0 Å². The van der Waals surface area contributed by atoms with E-state index < -0.39 is 5.97 Å². The van der Waals surface area contributed by atoms with E-state index in [-0.39, 0.29) is 5.56 Å². The van der Waals surface area contributed by atoms with E-state index in [1.54, 1.807) is 12.1 Å². The highest BCUT2D eigenvalue weighted by atomic mass is 16.5. The normalized spacial score (nSPS) is 9.50. The van der Waals surface area contributed by atoms with E-state index in [1.165, 1.54) is 12.1 Å². The molecule has 0 atom stereocenters. The summed E-state index contributed by atoms with van der Waals surface area (Å²) in [5.41, 5.74) is 0.994. The summed E-state index contributed by atoms with van der Waals surface area (Å²) >= 11 is 0. The van der Waals surface area contributed by atoms with Gasteiger partial charge in [0.25, 0.3) is 0 Å². The molecule has 1 rings (SSSR count). The number of carbonyl (C=O) groups excluding carboxylic acids is 1. The topological polar surface area (TPSA) is 49.4 Å². The standard InChI is InChI=1S/C11H12O3/c1-8(2)7-14-10-5-3-4-9(6-10)11(12)13/h3-6H,1,7H2,2H3,(H,12,13)/p-1. The number of hydrogen-bond donors (Lipinski definition) is 0. The van der Waals surface area contributed by atoms with Crippen molar-refractivity contribution in [2.75, 3.05) is 6.61 Å². The van der Waals surface area contributed by atoms with Crippen molar-refractivity contribution in [3.05, 3.63) is 42.0 Å². The summed E-state index contributed by atoms with van der Waals surface area (Å²) < 4.78 is 5.27. The van der Waals surface area contributed by atoms with Crippen LogP contribution in [0.2, 0.25) is 0 Å². The molecular weight excluding hydrogens is 180 g/mol. The fourth-order valence-corrected chi connectivity index (χ4v) is 0.919. The minimum absolute atomic E-state index is 0.115. The Morgan fingerprint density at radius 3 is 2.86 bits per heavy atom. The van der Waals surface area contributed by atoms with Crippen molar-refractivity contribution in [1.29, 1.82) is 0 Å². The molecule has 0 spiro atoms. The highest BCUT2D eigenvalue weighted by Crippen LogP contribution is 2.13. The molecule has 0 radical (unpaired) electrons. The van der Waals surface area contributed by atoms with Crippen molar-refractivity contribution in [2.45, 2.75) is 6.92 Å². The lowest BCUT2D eigenvalue weighted by Crippen LogP contribution is -2.22. The highest BCUT2D eigenvalue weighted by molar-refractivity contribution is 5.86. The van der Waals surface area contributed by atoms with Crippen LogP contribution in [0.4, 0.5) is 0 Å². The van der Waals surface area contributed by atoms with Gasteiger partial charge in [0.1, 0.15) is 12.4 Å². The predicted octanol–water partition coefficient (Wildman–Crippen LogP) is 1.00. The minimum atomic E-state index is -1.20. The van der Waals surface area contributed by atoms with E-state index in [4.69, 9.17) is 4.74 Å². The number of carboxylic acids is 1. The Morgan fingerprint density at radius 1 is 1.57 bits per heavy atom. The monoisotopic (exact) mass is 191 g/mol. The fraction of sp³-hybridized carbons (Fsp3) is 0.182. The number of benzene rings is 1. The smallest absolute Gasteiger partial charge is 0.120 e. The van der Waals surface area contributed by atoms with Gasteiger partial charge in [0.15, 0.2) is 0 Å². The van der Waals surface area contributed by atoms with E-state index in [1.807, 2.05) is 6.92 Å². The average molecular weight is 191 g/mol. The van der Waals surface area contributed by atoms with Gasteiger partial charge in [-0.2, -0.15) is 0 Å². The van der Waals surface area contributed by atoms with E-state index in [0.717, 1.165) is 5.57 Å². The molecule has 74 valence electrons. The zero-order chi connectivity index (χ0) is 10.6.